The highest BCUT2D eigenvalue weighted by Crippen LogP contribution is 2.18. The Hall–Kier alpha value is -1.65. The third kappa shape index (κ3) is 4.50. The van der Waals surface area contributed by atoms with Gasteiger partial charge in [0.05, 0.1) is 5.16 Å². The molecule has 0 saturated heterocycles. The Balaban J connectivity index is 2.90. The molecule has 19 heavy (non-hydrogen) atoms. The lowest BCUT2D eigenvalue weighted by Crippen LogP contribution is -2.24. The number of carbonyl (C=O) groups is 1. The predicted octanol–water partition coefficient (Wildman–Crippen LogP) is 3.60. The van der Waals surface area contributed by atoms with Crippen molar-refractivity contribution in [3.8, 4) is 5.75 Å². The smallest absolute Gasteiger partial charge is 0.387 e. The molecular formula is C13H13F2NO2S. The first kappa shape index (κ1) is 15.4. The number of hydrogen-bond acceptors (Lipinski definition) is 4. The first-order valence-corrected chi connectivity index (χ1v) is 6.02. The van der Waals surface area contributed by atoms with Gasteiger partial charge in [0.1, 0.15) is 11.8 Å². The van der Waals surface area contributed by atoms with E-state index in [2.05, 4.69) is 27.1 Å². The van der Waals surface area contributed by atoms with Crippen molar-refractivity contribution in [1.82, 2.24) is 0 Å². The van der Waals surface area contributed by atoms with Gasteiger partial charge in [0.25, 0.3) is 0 Å². The van der Waals surface area contributed by atoms with E-state index in [4.69, 9.17) is 0 Å². The number of thiocarbonyl (C=S) groups is 1. The van der Waals surface area contributed by atoms with Gasteiger partial charge in [-0.05, 0) is 42.4 Å². The minimum absolute atomic E-state index is 0.00554. The van der Waals surface area contributed by atoms with Crippen molar-refractivity contribution in [2.75, 3.05) is 0 Å². The Morgan fingerprint density at radius 1 is 1.32 bits per heavy atom. The van der Waals surface area contributed by atoms with Gasteiger partial charge in [-0.3, -0.25) is 4.79 Å². The first-order valence-electron chi connectivity index (χ1n) is 5.61. The molecule has 0 bridgehead atoms. The van der Waals surface area contributed by atoms with E-state index in [1.807, 2.05) is 13.8 Å². The predicted molar refractivity (Wildman–Crippen MR) is 71.1 cm³/mol. The van der Waals surface area contributed by atoms with Gasteiger partial charge < -0.3 is 4.74 Å². The summed E-state index contributed by atoms with van der Waals surface area (Å²) in [6, 6.07) is 4.87. The van der Waals surface area contributed by atoms with Crippen LogP contribution in [0.3, 0.4) is 0 Å². The van der Waals surface area contributed by atoms with Crippen LogP contribution in [-0.4, -0.2) is 23.6 Å². The Morgan fingerprint density at radius 2 is 1.89 bits per heavy atom. The van der Waals surface area contributed by atoms with Crippen molar-refractivity contribution in [1.29, 1.82) is 0 Å². The molecule has 1 atom stereocenters. The molecule has 1 aromatic carbocycles. The second-order valence-corrected chi connectivity index (χ2v) is 4.36. The zero-order valence-corrected chi connectivity index (χ0v) is 11.3. The molecule has 1 aromatic rings. The van der Waals surface area contributed by atoms with E-state index >= 15 is 0 Å². The van der Waals surface area contributed by atoms with Gasteiger partial charge in [-0.2, -0.15) is 8.78 Å². The highest BCUT2D eigenvalue weighted by atomic mass is 32.1. The van der Waals surface area contributed by atoms with E-state index in [9.17, 15) is 13.6 Å². The number of hydrogen-bond donors (Lipinski definition) is 0. The highest BCUT2D eigenvalue weighted by molar-refractivity contribution is 7.78. The molecule has 0 aliphatic rings. The number of carbonyl (C=O) groups excluding carboxylic acids is 1. The molecular weight excluding hydrogens is 272 g/mol. The van der Waals surface area contributed by atoms with Crippen LogP contribution in [0.5, 0.6) is 5.75 Å². The average molecular weight is 285 g/mol. The number of halogens is 2. The molecule has 1 rings (SSSR count). The van der Waals surface area contributed by atoms with E-state index in [1.165, 1.54) is 24.3 Å². The van der Waals surface area contributed by atoms with Gasteiger partial charge >= 0.3 is 6.61 Å². The van der Waals surface area contributed by atoms with Crippen molar-refractivity contribution in [3.63, 3.8) is 0 Å². The molecule has 6 heteroatoms. The van der Waals surface area contributed by atoms with Gasteiger partial charge in [0.15, 0.2) is 5.78 Å². The summed E-state index contributed by atoms with van der Waals surface area (Å²) in [7, 11) is 0. The van der Waals surface area contributed by atoms with E-state index in [-0.39, 0.29) is 17.5 Å². The summed E-state index contributed by atoms with van der Waals surface area (Å²) in [6.07, 6.45) is 0. The van der Waals surface area contributed by atoms with Gasteiger partial charge in [0, 0.05) is 5.56 Å². The highest BCUT2D eigenvalue weighted by Gasteiger charge is 2.22. The van der Waals surface area contributed by atoms with Gasteiger partial charge in [-0.15, -0.1) is 0 Å². The number of Topliss-reactive ketones (excluding diaryl/α,β-unsaturated/α-hetero) is 1. The number of rotatable bonds is 6. The molecule has 0 spiro atoms. The number of ether oxygens (including phenoxy) is 1. The van der Waals surface area contributed by atoms with Crippen molar-refractivity contribution in [2.24, 2.45) is 10.9 Å². The maximum Gasteiger partial charge on any atom is 0.387 e. The maximum absolute atomic E-state index is 12.1. The summed E-state index contributed by atoms with van der Waals surface area (Å²) in [5, 5.41) is 2.20. The minimum atomic E-state index is -2.88. The average Bonchev–Trinajstić information content (AvgIpc) is 2.35. The lowest BCUT2D eigenvalue weighted by molar-refractivity contribution is -0.0498. The molecule has 0 aromatic heterocycles. The number of ketones is 1. The molecule has 0 aliphatic carbocycles. The van der Waals surface area contributed by atoms with Crippen LogP contribution in [0.25, 0.3) is 0 Å². The molecule has 1 unspecified atom stereocenters. The second-order valence-electron chi connectivity index (χ2n) is 4.18. The third-order valence-electron chi connectivity index (χ3n) is 2.46. The van der Waals surface area contributed by atoms with Crippen LogP contribution in [0.2, 0.25) is 0 Å². The van der Waals surface area contributed by atoms with E-state index < -0.39 is 12.7 Å². The fraction of sp³-hybridized carbons (Fsp3) is 0.385. The number of benzene rings is 1. The molecule has 0 N–H and O–H groups in total. The standard InChI is InChI=1S/C13H13F2NO2S/c1-8(2)11(16-7-19)12(17)9-3-5-10(6-4-9)18-13(14)15/h3-6,8,11,13H,1-2H3. The van der Waals surface area contributed by atoms with Crippen LogP contribution in [0.1, 0.15) is 24.2 Å². The molecule has 102 valence electrons. The third-order valence-corrected chi connectivity index (χ3v) is 2.56. The Bertz CT molecular complexity index is 482. The van der Waals surface area contributed by atoms with E-state index in [1.54, 1.807) is 0 Å². The van der Waals surface area contributed by atoms with Crippen molar-refractivity contribution >= 4 is 23.2 Å². The van der Waals surface area contributed by atoms with Crippen LogP contribution >= 0.6 is 12.2 Å². The number of isothiocyanates is 1. The van der Waals surface area contributed by atoms with Crippen LogP contribution in [0, 0.1) is 5.92 Å². The van der Waals surface area contributed by atoms with Crippen LogP contribution in [0.15, 0.2) is 29.3 Å². The number of alkyl halides is 2. The van der Waals surface area contributed by atoms with Crippen molar-refractivity contribution in [3.05, 3.63) is 29.8 Å². The molecule has 0 heterocycles. The van der Waals surface area contributed by atoms with Gasteiger partial charge in [-0.25, -0.2) is 4.99 Å². The molecule has 0 radical (unpaired) electrons. The van der Waals surface area contributed by atoms with E-state index in [0.29, 0.717) is 5.56 Å². The molecule has 0 saturated carbocycles. The fourth-order valence-electron chi connectivity index (χ4n) is 1.54. The summed E-state index contributed by atoms with van der Waals surface area (Å²) in [6.45, 7) is 0.796. The Labute approximate surface area is 115 Å². The zero-order chi connectivity index (χ0) is 14.4. The Kier molecular flexibility index (Phi) is 5.73. The molecule has 0 fully saturated rings. The largest absolute Gasteiger partial charge is 0.435 e. The normalized spacial score (nSPS) is 12.1. The fourth-order valence-corrected chi connectivity index (χ4v) is 1.65. The summed E-state index contributed by atoms with van der Waals surface area (Å²) < 4.78 is 28.2. The first-order chi connectivity index (χ1) is 8.95. The molecule has 0 aliphatic heterocycles. The summed E-state index contributed by atoms with van der Waals surface area (Å²) in [5.41, 5.74) is 0.370. The summed E-state index contributed by atoms with van der Waals surface area (Å²) in [4.78, 5) is 16.0. The van der Waals surface area contributed by atoms with Crippen molar-refractivity contribution in [2.45, 2.75) is 26.5 Å². The van der Waals surface area contributed by atoms with Crippen molar-refractivity contribution < 1.29 is 18.3 Å². The molecule has 3 nitrogen and oxygen atoms in total. The van der Waals surface area contributed by atoms with Gasteiger partial charge in [-0.1, -0.05) is 13.8 Å². The molecule has 0 amide bonds. The lowest BCUT2D eigenvalue weighted by Gasteiger charge is -2.14. The Morgan fingerprint density at radius 3 is 2.32 bits per heavy atom. The summed E-state index contributed by atoms with van der Waals surface area (Å²) in [5.74, 6) is -0.248. The minimum Gasteiger partial charge on any atom is -0.435 e. The second kappa shape index (κ2) is 7.07. The van der Waals surface area contributed by atoms with Crippen LogP contribution in [0.4, 0.5) is 8.78 Å². The van der Waals surface area contributed by atoms with E-state index in [0.717, 1.165) is 0 Å². The topological polar surface area (TPSA) is 38.7 Å². The zero-order valence-electron chi connectivity index (χ0n) is 10.5. The maximum atomic E-state index is 12.1. The quantitative estimate of drug-likeness (QED) is 0.455. The summed E-state index contributed by atoms with van der Waals surface area (Å²) >= 11 is 4.51. The van der Waals surface area contributed by atoms with Crippen LogP contribution in [-0.2, 0) is 0 Å². The van der Waals surface area contributed by atoms with Gasteiger partial charge in [0.2, 0.25) is 0 Å². The number of nitrogens with zero attached hydrogens (tertiary/aromatic N) is 1. The monoisotopic (exact) mass is 285 g/mol. The lowest BCUT2D eigenvalue weighted by atomic mass is 9.95. The number of aliphatic imine (C=N–C) groups is 1. The van der Waals surface area contributed by atoms with Crippen LogP contribution < -0.4 is 4.74 Å². The SMILES string of the molecule is CC(C)C(N=C=S)C(=O)c1ccc(OC(F)F)cc1.